The third kappa shape index (κ3) is 3.44. The fourth-order valence-corrected chi connectivity index (χ4v) is 3.77. The number of halogens is 2. The van der Waals surface area contributed by atoms with Gasteiger partial charge in [0.1, 0.15) is 10.8 Å². The molecule has 1 aromatic carbocycles. The number of hydrogen-bond donors (Lipinski definition) is 1. The molecule has 1 aliphatic carbocycles. The lowest BCUT2D eigenvalue weighted by Gasteiger charge is -2.17. The molecule has 2 aromatic rings. The van der Waals surface area contributed by atoms with Gasteiger partial charge in [0.05, 0.1) is 11.7 Å². The first-order valence-electron chi connectivity index (χ1n) is 7.25. The van der Waals surface area contributed by atoms with Gasteiger partial charge in [0, 0.05) is 15.9 Å². The highest BCUT2D eigenvalue weighted by Crippen LogP contribution is 2.33. The SMILES string of the molecule is CCc1nc(C(NC2CC2)c2cc(F)cc(Cl)c2)sc1C. The molecular formula is C16H18ClFN2S. The van der Waals surface area contributed by atoms with Crippen molar-refractivity contribution in [3.05, 3.63) is 50.2 Å². The molecule has 1 heterocycles. The first kappa shape index (κ1) is 14.9. The van der Waals surface area contributed by atoms with E-state index in [0.29, 0.717) is 11.1 Å². The third-order valence-electron chi connectivity index (χ3n) is 3.69. The Morgan fingerprint density at radius 3 is 2.76 bits per heavy atom. The molecule has 1 aliphatic rings. The molecule has 21 heavy (non-hydrogen) atoms. The van der Waals surface area contributed by atoms with Crippen LogP contribution in [-0.2, 0) is 6.42 Å². The van der Waals surface area contributed by atoms with Crippen LogP contribution in [0.5, 0.6) is 0 Å². The first-order valence-corrected chi connectivity index (χ1v) is 8.44. The van der Waals surface area contributed by atoms with Crippen LogP contribution in [0.2, 0.25) is 5.02 Å². The van der Waals surface area contributed by atoms with E-state index in [-0.39, 0.29) is 11.9 Å². The largest absolute Gasteiger partial charge is 0.301 e. The lowest BCUT2D eigenvalue weighted by Crippen LogP contribution is -2.24. The molecule has 1 fully saturated rings. The highest BCUT2D eigenvalue weighted by Gasteiger charge is 2.28. The molecule has 1 aromatic heterocycles. The first-order chi connectivity index (χ1) is 10.1. The second kappa shape index (κ2) is 6.03. The smallest absolute Gasteiger partial charge is 0.125 e. The summed E-state index contributed by atoms with van der Waals surface area (Å²) in [6.07, 6.45) is 3.26. The van der Waals surface area contributed by atoms with Gasteiger partial charge in [-0.05, 0) is 49.9 Å². The molecule has 1 N–H and O–H groups in total. The predicted octanol–water partition coefficient (Wildman–Crippen LogP) is 4.65. The molecule has 0 saturated heterocycles. The van der Waals surface area contributed by atoms with Gasteiger partial charge in [-0.1, -0.05) is 18.5 Å². The number of aromatic nitrogens is 1. The van der Waals surface area contributed by atoms with Gasteiger partial charge in [-0.2, -0.15) is 0 Å². The van der Waals surface area contributed by atoms with E-state index in [1.807, 2.05) is 6.07 Å². The van der Waals surface area contributed by atoms with Gasteiger partial charge < -0.3 is 5.32 Å². The van der Waals surface area contributed by atoms with Crippen molar-refractivity contribution in [2.75, 3.05) is 0 Å². The van der Waals surface area contributed by atoms with Gasteiger partial charge in [-0.15, -0.1) is 11.3 Å². The standard InChI is InChI=1S/C16H18ClFN2S/c1-3-14-9(2)21-16(20-14)15(19-13-4-5-13)10-6-11(17)8-12(18)7-10/h6-8,13,15,19H,3-5H2,1-2H3. The maximum atomic E-state index is 13.7. The van der Waals surface area contributed by atoms with Gasteiger partial charge in [0.2, 0.25) is 0 Å². The summed E-state index contributed by atoms with van der Waals surface area (Å²) in [5, 5.41) is 4.99. The Bertz CT molecular complexity index is 631. The van der Waals surface area contributed by atoms with E-state index < -0.39 is 0 Å². The van der Waals surface area contributed by atoms with E-state index in [2.05, 4.69) is 19.2 Å². The van der Waals surface area contributed by atoms with Crippen LogP contribution >= 0.6 is 22.9 Å². The van der Waals surface area contributed by atoms with Crippen LogP contribution in [0, 0.1) is 12.7 Å². The highest BCUT2D eigenvalue weighted by atomic mass is 35.5. The molecule has 1 saturated carbocycles. The second-order valence-corrected chi connectivity index (χ2v) is 7.16. The zero-order valence-corrected chi connectivity index (χ0v) is 13.7. The highest BCUT2D eigenvalue weighted by molar-refractivity contribution is 7.11. The zero-order chi connectivity index (χ0) is 15.0. The van der Waals surface area contributed by atoms with Crippen molar-refractivity contribution < 1.29 is 4.39 Å². The topological polar surface area (TPSA) is 24.9 Å². The summed E-state index contributed by atoms with van der Waals surface area (Å²) >= 11 is 7.70. The lowest BCUT2D eigenvalue weighted by molar-refractivity contribution is 0.583. The molecule has 0 amide bonds. The molecule has 0 spiro atoms. The molecule has 2 nitrogen and oxygen atoms in total. The van der Waals surface area contributed by atoms with Crippen molar-refractivity contribution in [2.45, 2.75) is 45.2 Å². The number of nitrogens with zero attached hydrogens (tertiary/aromatic N) is 1. The van der Waals surface area contributed by atoms with E-state index in [1.54, 1.807) is 17.4 Å². The molecule has 1 atom stereocenters. The van der Waals surface area contributed by atoms with Gasteiger partial charge >= 0.3 is 0 Å². The zero-order valence-electron chi connectivity index (χ0n) is 12.1. The van der Waals surface area contributed by atoms with Crippen LogP contribution in [0.25, 0.3) is 0 Å². The average Bonchev–Trinajstić information content (AvgIpc) is 3.17. The number of aryl methyl sites for hydroxylation is 2. The van der Waals surface area contributed by atoms with Crippen LogP contribution in [0.15, 0.2) is 18.2 Å². The van der Waals surface area contributed by atoms with Crippen molar-refractivity contribution in [2.24, 2.45) is 0 Å². The minimum absolute atomic E-state index is 0.0744. The minimum Gasteiger partial charge on any atom is -0.301 e. The van der Waals surface area contributed by atoms with Crippen LogP contribution in [0.4, 0.5) is 4.39 Å². The molecular weight excluding hydrogens is 307 g/mol. The van der Waals surface area contributed by atoms with Crippen molar-refractivity contribution in [1.29, 1.82) is 0 Å². The Kier molecular flexibility index (Phi) is 4.29. The third-order valence-corrected chi connectivity index (χ3v) is 4.99. The van der Waals surface area contributed by atoms with Crippen LogP contribution < -0.4 is 5.32 Å². The van der Waals surface area contributed by atoms with E-state index >= 15 is 0 Å². The molecule has 1 unspecified atom stereocenters. The van der Waals surface area contributed by atoms with Crippen molar-refractivity contribution in [3.8, 4) is 0 Å². The fraction of sp³-hybridized carbons (Fsp3) is 0.438. The number of benzene rings is 1. The van der Waals surface area contributed by atoms with Crippen LogP contribution in [0.3, 0.4) is 0 Å². The summed E-state index contributed by atoms with van der Waals surface area (Å²) < 4.78 is 13.7. The summed E-state index contributed by atoms with van der Waals surface area (Å²) in [6, 6.07) is 5.14. The Morgan fingerprint density at radius 2 is 2.19 bits per heavy atom. The summed E-state index contributed by atoms with van der Waals surface area (Å²) in [6.45, 7) is 4.20. The fourth-order valence-electron chi connectivity index (χ4n) is 2.44. The monoisotopic (exact) mass is 324 g/mol. The Morgan fingerprint density at radius 1 is 1.43 bits per heavy atom. The molecule has 5 heteroatoms. The number of hydrogen-bond acceptors (Lipinski definition) is 3. The number of thiazole rings is 1. The predicted molar refractivity (Wildman–Crippen MR) is 85.6 cm³/mol. The Labute approximate surface area is 133 Å². The van der Waals surface area contributed by atoms with Gasteiger partial charge in [0.15, 0.2) is 0 Å². The van der Waals surface area contributed by atoms with E-state index in [1.165, 1.54) is 23.8 Å². The quantitative estimate of drug-likeness (QED) is 0.866. The van der Waals surface area contributed by atoms with E-state index in [0.717, 1.165) is 22.7 Å². The molecule has 0 bridgehead atoms. The van der Waals surface area contributed by atoms with Gasteiger partial charge in [0.25, 0.3) is 0 Å². The molecule has 0 aliphatic heterocycles. The summed E-state index contributed by atoms with van der Waals surface area (Å²) in [7, 11) is 0. The Hall–Kier alpha value is -0.970. The van der Waals surface area contributed by atoms with E-state index in [4.69, 9.17) is 16.6 Å². The van der Waals surface area contributed by atoms with Crippen LogP contribution in [-0.4, -0.2) is 11.0 Å². The summed E-state index contributed by atoms with van der Waals surface area (Å²) in [5.74, 6) is -0.302. The molecule has 112 valence electrons. The van der Waals surface area contributed by atoms with Gasteiger partial charge in [-0.3, -0.25) is 0 Å². The van der Waals surface area contributed by atoms with Crippen molar-refractivity contribution in [1.82, 2.24) is 10.3 Å². The maximum Gasteiger partial charge on any atom is 0.125 e. The van der Waals surface area contributed by atoms with Crippen molar-refractivity contribution in [3.63, 3.8) is 0 Å². The van der Waals surface area contributed by atoms with Crippen LogP contribution in [0.1, 0.15) is 46.9 Å². The average molecular weight is 325 g/mol. The number of nitrogens with one attached hydrogen (secondary N) is 1. The minimum atomic E-state index is -0.302. The maximum absolute atomic E-state index is 13.7. The van der Waals surface area contributed by atoms with Gasteiger partial charge in [-0.25, -0.2) is 9.37 Å². The van der Waals surface area contributed by atoms with Crippen molar-refractivity contribution >= 4 is 22.9 Å². The Balaban J connectivity index is 1.99. The second-order valence-electron chi connectivity index (χ2n) is 5.49. The summed E-state index contributed by atoms with van der Waals surface area (Å²) in [5.41, 5.74) is 1.98. The normalized spacial score (nSPS) is 16.2. The summed E-state index contributed by atoms with van der Waals surface area (Å²) in [4.78, 5) is 5.97. The lowest BCUT2D eigenvalue weighted by atomic mass is 10.1. The molecule has 0 radical (unpaired) electrons. The number of rotatable bonds is 5. The molecule has 3 rings (SSSR count). The van der Waals surface area contributed by atoms with E-state index in [9.17, 15) is 4.39 Å².